The third-order valence-electron chi connectivity index (χ3n) is 4.68. The topological polar surface area (TPSA) is 58.6 Å². The Kier molecular flexibility index (Phi) is 6.01. The first-order chi connectivity index (χ1) is 13.2. The van der Waals surface area contributed by atoms with Crippen molar-refractivity contribution in [1.82, 2.24) is 5.32 Å². The van der Waals surface area contributed by atoms with E-state index in [4.69, 9.17) is 4.74 Å². The molecule has 4 heteroatoms. The number of nitrogens with one attached hydrogen (secondary N) is 1. The number of aliphatic hydroxyl groups excluding tert-OH is 1. The van der Waals surface area contributed by atoms with Crippen molar-refractivity contribution in [2.45, 2.75) is 11.6 Å². The third kappa shape index (κ3) is 3.77. The molecule has 0 bridgehead atoms. The number of hydrogen-bond acceptors (Lipinski definition) is 4. The Hall–Kier alpha value is -2.95. The van der Waals surface area contributed by atoms with E-state index in [0.29, 0.717) is 0 Å². The van der Waals surface area contributed by atoms with E-state index in [-0.39, 0.29) is 6.61 Å². The van der Waals surface area contributed by atoms with E-state index in [9.17, 15) is 9.90 Å². The molecule has 27 heavy (non-hydrogen) atoms. The van der Waals surface area contributed by atoms with Crippen molar-refractivity contribution in [3.05, 3.63) is 108 Å². The molecule has 3 rings (SSSR count). The first-order valence-corrected chi connectivity index (χ1v) is 8.85. The molecule has 0 aliphatic rings. The number of benzene rings is 3. The number of methoxy groups -OCH3 is 1. The van der Waals surface area contributed by atoms with Gasteiger partial charge in [0, 0.05) is 0 Å². The van der Waals surface area contributed by atoms with Gasteiger partial charge >= 0.3 is 5.97 Å². The molecule has 0 radical (unpaired) electrons. The number of carbonyl (C=O) groups excluding carboxylic acids is 1. The normalized spacial score (nSPS) is 12.4. The fraction of sp³-hybridized carbons (Fsp3) is 0.174. The molecule has 0 aliphatic carbocycles. The molecule has 1 unspecified atom stereocenters. The number of rotatable bonds is 7. The molecular formula is C23H23NO3. The highest BCUT2D eigenvalue weighted by Gasteiger charge is 2.39. The van der Waals surface area contributed by atoms with Gasteiger partial charge in [-0.1, -0.05) is 91.0 Å². The summed E-state index contributed by atoms with van der Waals surface area (Å²) in [5.41, 5.74) is 2.06. The Morgan fingerprint density at radius 2 is 1.22 bits per heavy atom. The average molecular weight is 361 g/mol. The van der Waals surface area contributed by atoms with Gasteiger partial charge in [0.25, 0.3) is 0 Å². The second kappa shape index (κ2) is 8.62. The van der Waals surface area contributed by atoms with E-state index in [1.807, 2.05) is 91.0 Å². The minimum absolute atomic E-state index is 0.374. The van der Waals surface area contributed by atoms with Gasteiger partial charge in [0.05, 0.1) is 19.3 Å². The molecule has 1 atom stereocenters. The largest absolute Gasteiger partial charge is 0.468 e. The molecular weight excluding hydrogens is 338 g/mol. The Morgan fingerprint density at radius 1 is 0.852 bits per heavy atom. The molecule has 3 aromatic carbocycles. The summed E-state index contributed by atoms with van der Waals surface area (Å²) in [6, 6.07) is 28.8. The summed E-state index contributed by atoms with van der Waals surface area (Å²) in [5, 5.41) is 13.3. The van der Waals surface area contributed by atoms with Gasteiger partial charge in [-0.3, -0.25) is 10.1 Å². The zero-order valence-electron chi connectivity index (χ0n) is 15.2. The van der Waals surface area contributed by atoms with Crippen molar-refractivity contribution in [2.24, 2.45) is 0 Å². The molecule has 0 aliphatic heterocycles. The summed E-state index contributed by atoms with van der Waals surface area (Å²) in [6.45, 7) is -0.374. The molecule has 0 saturated carbocycles. The van der Waals surface area contributed by atoms with E-state index in [0.717, 1.165) is 16.7 Å². The van der Waals surface area contributed by atoms with Gasteiger partial charge in [-0.15, -0.1) is 0 Å². The summed E-state index contributed by atoms with van der Waals surface area (Å²) >= 11 is 0. The highest BCUT2D eigenvalue weighted by molar-refractivity contribution is 5.76. The van der Waals surface area contributed by atoms with Crippen molar-refractivity contribution in [2.75, 3.05) is 13.7 Å². The predicted octanol–water partition coefficient (Wildman–Crippen LogP) is 3.10. The van der Waals surface area contributed by atoms with Crippen molar-refractivity contribution in [3.8, 4) is 0 Å². The van der Waals surface area contributed by atoms with E-state index in [1.165, 1.54) is 7.11 Å². The molecule has 138 valence electrons. The first-order valence-electron chi connectivity index (χ1n) is 8.85. The van der Waals surface area contributed by atoms with Crippen LogP contribution in [0.15, 0.2) is 91.0 Å². The summed E-state index contributed by atoms with van der Waals surface area (Å²) in [5.74, 6) is -0.510. The second-order valence-electron chi connectivity index (χ2n) is 6.25. The maximum absolute atomic E-state index is 12.3. The summed E-state index contributed by atoms with van der Waals surface area (Å²) < 4.78 is 4.90. The van der Waals surface area contributed by atoms with Crippen LogP contribution < -0.4 is 5.32 Å². The predicted molar refractivity (Wildman–Crippen MR) is 105 cm³/mol. The Morgan fingerprint density at radius 3 is 1.52 bits per heavy atom. The van der Waals surface area contributed by atoms with Crippen LogP contribution in [0.3, 0.4) is 0 Å². The van der Waals surface area contributed by atoms with Gasteiger partial charge in [0.15, 0.2) is 0 Å². The van der Waals surface area contributed by atoms with Gasteiger partial charge < -0.3 is 9.84 Å². The number of ether oxygens (including phenoxy) is 1. The van der Waals surface area contributed by atoms with E-state index in [2.05, 4.69) is 5.32 Å². The van der Waals surface area contributed by atoms with E-state index in [1.54, 1.807) is 0 Å². The van der Waals surface area contributed by atoms with Crippen LogP contribution in [0, 0.1) is 0 Å². The molecule has 4 nitrogen and oxygen atoms in total. The molecule has 0 fully saturated rings. The van der Waals surface area contributed by atoms with Gasteiger partial charge in [-0.05, 0) is 16.7 Å². The molecule has 3 aromatic rings. The van der Waals surface area contributed by atoms with Gasteiger partial charge in [0.1, 0.15) is 6.04 Å². The van der Waals surface area contributed by atoms with Crippen molar-refractivity contribution >= 4 is 5.97 Å². The maximum Gasteiger partial charge on any atom is 0.325 e. The SMILES string of the molecule is COC(=O)C(CO)NC(c1ccccc1)(c1ccccc1)c1ccccc1. The van der Waals surface area contributed by atoms with Crippen LogP contribution in [0.1, 0.15) is 16.7 Å². The van der Waals surface area contributed by atoms with Crippen molar-refractivity contribution in [1.29, 1.82) is 0 Å². The lowest BCUT2D eigenvalue weighted by Crippen LogP contribution is -2.54. The second-order valence-corrected chi connectivity index (χ2v) is 6.25. The molecule has 0 amide bonds. The molecule has 0 saturated heterocycles. The third-order valence-corrected chi connectivity index (χ3v) is 4.68. The van der Waals surface area contributed by atoms with E-state index >= 15 is 0 Å². The van der Waals surface area contributed by atoms with Crippen LogP contribution in [0.5, 0.6) is 0 Å². The zero-order valence-corrected chi connectivity index (χ0v) is 15.2. The fourth-order valence-corrected chi connectivity index (χ4v) is 3.40. The number of hydrogen-bond donors (Lipinski definition) is 2. The minimum Gasteiger partial charge on any atom is -0.468 e. The number of carbonyl (C=O) groups is 1. The Bertz CT molecular complexity index is 754. The lowest BCUT2D eigenvalue weighted by molar-refractivity contribution is -0.144. The molecule has 0 spiro atoms. The molecule has 0 aromatic heterocycles. The Labute approximate surface area is 159 Å². The maximum atomic E-state index is 12.3. The summed E-state index contributed by atoms with van der Waals surface area (Å²) in [7, 11) is 1.32. The molecule has 0 heterocycles. The van der Waals surface area contributed by atoms with Crippen molar-refractivity contribution < 1.29 is 14.6 Å². The zero-order chi connectivity index (χ0) is 19.1. The van der Waals surface area contributed by atoms with Crippen LogP contribution in [-0.4, -0.2) is 30.8 Å². The van der Waals surface area contributed by atoms with Crippen LogP contribution in [0.25, 0.3) is 0 Å². The van der Waals surface area contributed by atoms with E-state index < -0.39 is 17.6 Å². The minimum atomic E-state index is -0.879. The number of esters is 1. The van der Waals surface area contributed by atoms with Crippen LogP contribution in [-0.2, 0) is 15.1 Å². The van der Waals surface area contributed by atoms with Crippen LogP contribution in [0.2, 0.25) is 0 Å². The fourth-order valence-electron chi connectivity index (χ4n) is 3.40. The first kappa shape index (κ1) is 18.8. The lowest BCUT2D eigenvalue weighted by atomic mass is 9.76. The quantitative estimate of drug-likeness (QED) is 0.501. The van der Waals surface area contributed by atoms with Gasteiger partial charge in [0.2, 0.25) is 0 Å². The standard InChI is InChI=1S/C23H23NO3/c1-27-22(26)21(17-25)24-23(18-11-5-2-6-12-18,19-13-7-3-8-14-19)20-15-9-4-10-16-20/h2-16,21,24-25H,17H2,1H3. The lowest BCUT2D eigenvalue weighted by Gasteiger charge is -2.39. The Balaban J connectivity index is 2.27. The van der Waals surface area contributed by atoms with Gasteiger partial charge in [-0.2, -0.15) is 0 Å². The van der Waals surface area contributed by atoms with Crippen molar-refractivity contribution in [3.63, 3.8) is 0 Å². The smallest absolute Gasteiger partial charge is 0.325 e. The van der Waals surface area contributed by atoms with Gasteiger partial charge in [-0.25, -0.2) is 0 Å². The number of aliphatic hydroxyl groups is 1. The monoisotopic (exact) mass is 361 g/mol. The summed E-state index contributed by atoms with van der Waals surface area (Å²) in [6.07, 6.45) is 0. The van der Waals surface area contributed by atoms with Crippen LogP contribution >= 0.6 is 0 Å². The average Bonchev–Trinajstić information content (AvgIpc) is 2.76. The highest BCUT2D eigenvalue weighted by Crippen LogP contribution is 2.37. The van der Waals surface area contributed by atoms with Crippen LogP contribution in [0.4, 0.5) is 0 Å². The highest BCUT2D eigenvalue weighted by atomic mass is 16.5. The summed E-state index contributed by atoms with van der Waals surface area (Å²) in [4.78, 5) is 12.3. The molecule has 2 N–H and O–H groups in total.